The van der Waals surface area contributed by atoms with Crippen LogP contribution in [0.2, 0.25) is 0 Å². The Morgan fingerprint density at radius 3 is 2.84 bits per heavy atom. The third-order valence-electron chi connectivity index (χ3n) is 4.17. The van der Waals surface area contributed by atoms with E-state index in [4.69, 9.17) is 0 Å². The number of benzene rings is 1. The second-order valence-electron chi connectivity index (χ2n) is 6.37. The number of rotatable bonds is 5. The monoisotopic (exact) mass is 263 g/mol. The van der Waals surface area contributed by atoms with Crippen LogP contribution in [0.5, 0.6) is 0 Å². The first-order valence-corrected chi connectivity index (χ1v) is 7.54. The fourth-order valence-corrected chi connectivity index (χ4v) is 3.20. The van der Waals surface area contributed by atoms with Crippen LogP contribution in [0.3, 0.4) is 0 Å². The van der Waals surface area contributed by atoms with E-state index in [1.165, 1.54) is 12.8 Å². The number of hydrogen-bond donors (Lipinski definition) is 1. The Balaban J connectivity index is 2.03. The molecule has 0 aliphatic heterocycles. The molecular formula is C17H26FN. The van der Waals surface area contributed by atoms with Crippen molar-refractivity contribution in [3.8, 4) is 0 Å². The normalized spacial score (nSPS) is 23.2. The highest BCUT2D eigenvalue weighted by molar-refractivity contribution is 5.28. The average molecular weight is 263 g/mol. The Labute approximate surface area is 116 Å². The lowest BCUT2D eigenvalue weighted by Gasteiger charge is -2.22. The summed E-state index contributed by atoms with van der Waals surface area (Å²) >= 11 is 0. The van der Waals surface area contributed by atoms with Crippen LogP contribution in [0.1, 0.15) is 50.2 Å². The summed E-state index contributed by atoms with van der Waals surface area (Å²) in [6.07, 6.45) is 3.59. The fraction of sp³-hybridized carbons (Fsp3) is 0.647. The van der Waals surface area contributed by atoms with Crippen molar-refractivity contribution in [2.45, 2.75) is 46.0 Å². The van der Waals surface area contributed by atoms with Gasteiger partial charge < -0.3 is 5.32 Å². The standard InChI is InChI=1S/C17H26FN/c1-12(2)10-19-11-14-5-4-6-15(14)16-9-13(3)7-8-17(16)18/h7-9,12,14-15,19H,4-6,10-11H2,1-3H3. The number of nitrogens with one attached hydrogen (secondary N) is 1. The zero-order chi connectivity index (χ0) is 13.8. The fourth-order valence-electron chi connectivity index (χ4n) is 3.20. The van der Waals surface area contributed by atoms with Gasteiger partial charge in [-0.25, -0.2) is 4.39 Å². The van der Waals surface area contributed by atoms with Crippen LogP contribution >= 0.6 is 0 Å². The Hall–Kier alpha value is -0.890. The molecule has 0 heterocycles. The highest BCUT2D eigenvalue weighted by Gasteiger charge is 2.30. The van der Waals surface area contributed by atoms with Crippen LogP contribution in [0.25, 0.3) is 0 Å². The molecule has 0 spiro atoms. The molecule has 2 rings (SSSR count). The van der Waals surface area contributed by atoms with Gasteiger partial charge in [-0.1, -0.05) is 38.0 Å². The maximum atomic E-state index is 14.0. The first-order valence-electron chi connectivity index (χ1n) is 7.54. The minimum Gasteiger partial charge on any atom is -0.316 e. The lowest BCUT2D eigenvalue weighted by Crippen LogP contribution is -2.28. The van der Waals surface area contributed by atoms with E-state index in [0.29, 0.717) is 17.8 Å². The third kappa shape index (κ3) is 3.79. The Morgan fingerprint density at radius 1 is 1.32 bits per heavy atom. The number of aryl methyl sites for hydroxylation is 1. The molecule has 1 aromatic carbocycles. The van der Waals surface area contributed by atoms with Crippen LogP contribution in [-0.2, 0) is 0 Å². The van der Waals surface area contributed by atoms with Crippen molar-refractivity contribution in [2.24, 2.45) is 11.8 Å². The van der Waals surface area contributed by atoms with Gasteiger partial charge in [-0.15, -0.1) is 0 Å². The smallest absolute Gasteiger partial charge is 0.126 e. The van der Waals surface area contributed by atoms with Gasteiger partial charge in [0.05, 0.1) is 0 Å². The largest absolute Gasteiger partial charge is 0.316 e. The van der Waals surface area contributed by atoms with Crippen LogP contribution in [0.15, 0.2) is 18.2 Å². The molecule has 0 saturated heterocycles. The molecule has 2 heteroatoms. The van der Waals surface area contributed by atoms with Crippen LogP contribution in [-0.4, -0.2) is 13.1 Å². The molecule has 0 amide bonds. The molecule has 1 N–H and O–H groups in total. The molecule has 0 radical (unpaired) electrons. The van der Waals surface area contributed by atoms with E-state index >= 15 is 0 Å². The molecule has 1 aliphatic carbocycles. The highest BCUT2D eigenvalue weighted by atomic mass is 19.1. The summed E-state index contributed by atoms with van der Waals surface area (Å²) in [6, 6.07) is 5.53. The molecule has 2 atom stereocenters. The molecule has 1 nitrogen and oxygen atoms in total. The van der Waals surface area contributed by atoms with E-state index < -0.39 is 0 Å². The lowest BCUT2D eigenvalue weighted by atomic mass is 9.87. The molecular weight excluding hydrogens is 237 g/mol. The average Bonchev–Trinajstić information content (AvgIpc) is 2.80. The van der Waals surface area contributed by atoms with Crippen LogP contribution < -0.4 is 5.32 Å². The number of halogens is 1. The Bertz CT molecular complexity index is 414. The SMILES string of the molecule is Cc1ccc(F)c(C2CCCC2CNCC(C)C)c1. The summed E-state index contributed by atoms with van der Waals surface area (Å²) in [7, 11) is 0. The maximum absolute atomic E-state index is 14.0. The van der Waals surface area contributed by atoms with E-state index in [-0.39, 0.29) is 5.82 Å². The third-order valence-corrected chi connectivity index (χ3v) is 4.17. The minimum atomic E-state index is -0.0219. The van der Waals surface area contributed by atoms with Gasteiger partial charge in [0.2, 0.25) is 0 Å². The lowest BCUT2D eigenvalue weighted by molar-refractivity contribution is 0.416. The van der Waals surface area contributed by atoms with Gasteiger partial charge in [0.1, 0.15) is 5.82 Å². The van der Waals surface area contributed by atoms with E-state index in [9.17, 15) is 4.39 Å². The van der Waals surface area contributed by atoms with Crippen molar-refractivity contribution in [1.82, 2.24) is 5.32 Å². The summed E-state index contributed by atoms with van der Waals surface area (Å²) in [5.41, 5.74) is 2.10. The highest BCUT2D eigenvalue weighted by Crippen LogP contribution is 2.40. The Kier molecular flexibility index (Phi) is 4.98. The van der Waals surface area contributed by atoms with Crippen molar-refractivity contribution >= 4 is 0 Å². The van der Waals surface area contributed by atoms with Crippen molar-refractivity contribution in [3.63, 3.8) is 0 Å². The Morgan fingerprint density at radius 2 is 2.11 bits per heavy atom. The van der Waals surface area contributed by atoms with Gasteiger partial charge in [0.25, 0.3) is 0 Å². The summed E-state index contributed by atoms with van der Waals surface area (Å²) in [6.45, 7) is 8.57. The molecule has 1 saturated carbocycles. The molecule has 19 heavy (non-hydrogen) atoms. The minimum absolute atomic E-state index is 0.0219. The first kappa shape index (κ1) is 14.5. The molecule has 1 aliphatic rings. The van der Waals surface area contributed by atoms with Crippen molar-refractivity contribution < 1.29 is 4.39 Å². The first-order chi connectivity index (χ1) is 9.08. The molecule has 0 aromatic heterocycles. The van der Waals surface area contributed by atoms with Crippen LogP contribution in [0.4, 0.5) is 4.39 Å². The molecule has 0 bridgehead atoms. The van der Waals surface area contributed by atoms with E-state index in [1.54, 1.807) is 6.07 Å². The van der Waals surface area contributed by atoms with Gasteiger partial charge in [-0.05, 0) is 62.2 Å². The van der Waals surface area contributed by atoms with Crippen molar-refractivity contribution in [2.75, 3.05) is 13.1 Å². The zero-order valence-corrected chi connectivity index (χ0v) is 12.4. The van der Waals surface area contributed by atoms with E-state index in [1.807, 2.05) is 19.1 Å². The van der Waals surface area contributed by atoms with Crippen molar-refractivity contribution in [3.05, 3.63) is 35.1 Å². The number of hydrogen-bond acceptors (Lipinski definition) is 1. The van der Waals surface area contributed by atoms with Crippen molar-refractivity contribution in [1.29, 1.82) is 0 Å². The topological polar surface area (TPSA) is 12.0 Å². The second-order valence-corrected chi connectivity index (χ2v) is 6.37. The molecule has 1 fully saturated rings. The van der Waals surface area contributed by atoms with E-state index in [2.05, 4.69) is 19.2 Å². The quantitative estimate of drug-likeness (QED) is 0.837. The van der Waals surface area contributed by atoms with Gasteiger partial charge >= 0.3 is 0 Å². The second kappa shape index (κ2) is 6.51. The molecule has 106 valence electrons. The van der Waals surface area contributed by atoms with E-state index in [0.717, 1.165) is 30.6 Å². The molecule has 2 unspecified atom stereocenters. The van der Waals surface area contributed by atoms with Gasteiger partial charge in [-0.3, -0.25) is 0 Å². The summed E-state index contributed by atoms with van der Waals surface area (Å²) in [5, 5.41) is 3.54. The van der Waals surface area contributed by atoms with Gasteiger partial charge in [0.15, 0.2) is 0 Å². The summed E-state index contributed by atoms with van der Waals surface area (Å²) in [5.74, 6) is 1.65. The zero-order valence-electron chi connectivity index (χ0n) is 12.4. The predicted octanol–water partition coefficient (Wildman–Crippen LogP) is 4.26. The summed E-state index contributed by atoms with van der Waals surface area (Å²) in [4.78, 5) is 0. The van der Waals surface area contributed by atoms with Gasteiger partial charge in [-0.2, -0.15) is 0 Å². The maximum Gasteiger partial charge on any atom is 0.126 e. The van der Waals surface area contributed by atoms with Crippen LogP contribution in [0, 0.1) is 24.6 Å². The molecule has 1 aromatic rings. The van der Waals surface area contributed by atoms with Gasteiger partial charge in [0, 0.05) is 0 Å². The summed E-state index contributed by atoms with van der Waals surface area (Å²) < 4.78 is 14.0. The predicted molar refractivity (Wildman–Crippen MR) is 78.9 cm³/mol.